The minimum atomic E-state index is -1.37. The van der Waals surface area contributed by atoms with Crippen LogP contribution < -0.4 is 0 Å². The number of benzene rings is 1. The summed E-state index contributed by atoms with van der Waals surface area (Å²) in [4.78, 5) is 17.0. The molecule has 4 rings (SSSR count). The number of rotatable bonds is 4. The van der Waals surface area contributed by atoms with Crippen LogP contribution in [0.15, 0.2) is 48.7 Å². The first-order valence-corrected chi connectivity index (χ1v) is 11.0. The van der Waals surface area contributed by atoms with Gasteiger partial charge in [0.15, 0.2) is 5.60 Å². The second-order valence-electron chi connectivity index (χ2n) is 9.04. The molecule has 2 aromatic rings. The van der Waals surface area contributed by atoms with Crippen LogP contribution in [0.3, 0.4) is 0 Å². The summed E-state index contributed by atoms with van der Waals surface area (Å²) in [6.45, 7) is 8.32. The molecular weight excluding hydrogens is 374 g/mol. The molecule has 1 N–H and O–H groups in total. The maximum atomic E-state index is 12.4. The van der Waals surface area contributed by atoms with Gasteiger partial charge in [-0.15, -0.1) is 0 Å². The van der Waals surface area contributed by atoms with Gasteiger partial charge >= 0.3 is 5.97 Å². The molecule has 1 saturated heterocycles. The first-order chi connectivity index (χ1) is 14.3. The van der Waals surface area contributed by atoms with Gasteiger partial charge in [-0.1, -0.05) is 56.7 Å². The molecule has 30 heavy (non-hydrogen) atoms. The Labute approximate surface area is 179 Å². The number of ether oxygens (including phenoxy) is 1. The van der Waals surface area contributed by atoms with Gasteiger partial charge in [0, 0.05) is 17.7 Å². The molecule has 4 nitrogen and oxygen atoms in total. The van der Waals surface area contributed by atoms with E-state index in [0.29, 0.717) is 12.3 Å². The Bertz CT molecular complexity index is 951. The van der Waals surface area contributed by atoms with Crippen LogP contribution >= 0.6 is 0 Å². The van der Waals surface area contributed by atoms with E-state index >= 15 is 0 Å². The summed E-state index contributed by atoms with van der Waals surface area (Å²) in [6, 6.07) is 12.4. The van der Waals surface area contributed by atoms with E-state index in [1.807, 2.05) is 37.4 Å². The summed E-state index contributed by atoms with van der Waals surface area (Å²) >= 11 is 0. The lowest BCUT2D eigenvalue weighted by molar-refractivity contribution is -0.160. The molecule has 1 aromatic carbocycles. The highest BCUT2D eigenvalue weighted by atomic mass is 16.6. The van der Waals surface area contributed by atoms with Crippen LogP contribution in [0, 0.1) is 30.6 Å². The average Bonchev–Trinajstić information content (AvgIpc) is 2.94. The van der Waals surface area contributed by atoms with Crippen molar-refractivity contribution >= 4 is 12.0 Å². The van der Waals surface area contributed by atoms with Crippen LogP contribution in [0.5, 0.6) is 0 Å². The van der Waals surface area contributed by atoms with Gasteiger partial charge in [-0.2, -0.15) is 0 Å². The zero-order valence-electron chi connectivity index (χ0n) is 18.2. The molecule has 0 radical (unpaired) electrons. The van der Waals surface area contributed by atoms with Crippen molar-refractivity contribution in [3.63, 3.8) is 0 Å². The highest BCUT2D eigenvalue weighted by Crippen LogP contribution is 2.52. The number of allylic oxidation sites excluding steroid dienone is 1. The van der Waals surface area contributed by atoms with Gasteiger partial charge in [0.1, 0.15) is 6.10 Å². The number of aromatic nitrogens is 1. The Kier molecular flexibility index (Phi) is 5.54. The van der Waals surface area contributed by atoms with E-state index in [0.717, 1.165) is 17.7 Å². The number of nitrogens with zero attached hydrogens (tertiary/aromatic N) is 1. The largest absolute Gasteiger partial charge is 0.460 e. The zero-order valence-corrected chi connectivity index (χ0v) is 18.2. The third-order valence-electron chi connectivity index (χ3n) is 7.18. The van der Waals surface area contributed by atoms with Crippen LogP contribution in [0.4, 0.5) is 0 Å². The second-order valence-corrected chi connectivity index (χ2v) is 9.04. The number of hydrogen-bond donors (Lipinski definition) is 1. The average molecular weight is 406 g/mol. The molecule has 1 aliphatic carbocycles. The summed E-state index contributed by atoms with van der Waals surface area (Å²) in [5, 5.41) is 11.2. The van der Waals surface area contributed by atoms with Crippen molar-refractivity contribution in [1.29, 1.82) is 0 Å². The molecule has 0 bridgehead atoms. The van der Waals surface area contributed by atoms with Crippen molar-refractivity contribution in [1.82, 2.24) is 4.98 Å². The third-order valence-corrected chi connectivity index (χ3v) is 7.18. The van der Waals surface area contributed by atoms with Crippen molar-refractivity contribution in [3.8, 4) is 11.1 Å². The normalized spacial score (nSPS) is 33.5. The first kappa shape index (κ1) is 20.8. The standard InChI is InChI=1S/C26H31NO3/c1-5-21-17(3)14-26(29)24(18(4)30-25(26)28)23(21)13-12-20-11-10-19(15-27-20)22-9-7-6-8-16(22)2/h6-13,15,17-18,21,23-24,29H,5,14H2,1-4H3/b13-12+/t17-,18+,21+,23-,24-,26-/m0/s1. The van der Waals surface area contributed by atoms with Crippen LogP contribution in [-0.4, -0.2) is 27.8 Å². The molecule has 0 amide bonds. The summed E-state index contributed by atoms with van der Waals surface area (Å²) in [6.07, 6.45) is 7.28. The minimum Gasteiger partial charge on any atom is -0.460 e. The fraction of sp³-hybridized carbons (Fsp3) is 0.462. The lowest BCUT2D eigenvalue weighted by Crippen LogP contribution is -2.53. The Morgan fingerprint density at radius 1 is 1.23 bits per heavy atom. The predicted octanol–water partition coefficient (Wildman–Crippen LogP) is 5.05. The van der Waals surface area contributed by atoms with E-state index in [1.54, 1.807) is 0 Å². The van der Waals surface area contributed by atoms with E-state index in [-0.39, 0.29) is 23.9 Å². The minimum absolute atomic E-state index is 0.0723. The molecule has 2 fully saturated rings. The van der Waals surface area contributed by atoms with Crippen molar-refractivity contribution < 1.29 is 14.6 Å². The van der Waals surface area contributed by atoms with Crippen molar-refractivity contribution in [2.24, 2.45) is 23.7 Å². The van der Waals surface area contributed by atoms with Gasteiger partial charge in [0.2, 0.25) is 0 Å². The molecule has 158 valence electrons. The van der Waals surface area contributed by atoms with Crippen LogP contribution in [0.2, 0.25) is 0 Å². The van der Waals surface area contributed by atoms with Crippen molar-refractivity contribution in [2.45, 2.75) is 52.2 Å². The Hall–Kier alpha value is -2.46. The third kappa shape index (κ3) is 3.47. The molecule has 2 aliphatic rings. The monoisotopic (exact) mass is 405 g/mol. The summed E-state index contributed by atoms with van der Waals surface area (Å²) in [7, 11) is 0. The SMILES string of the molecule is CC[C@H]1[C@H](/C=C/c2ccc(-c3ccccc3C)cn2)[C@@H]2[C@@H](C)OC(=O)[C@]2(O)C[C@@H]1C. The number of aryl methyl sites for hydroxylation is 1. The number of carbonyl (C=O) groups excluding carboxylic acids is 1. The molecule has 0 spiro atoms. The Morgan fingerprint density at radius 3 is 2.67 bits per heavy atom. The maximum absolute atomic E-state index is 12.4. The van der Waals surface area contributed by atoms with E-state index in [4.69, 9.17) is 4.74 Å². The second kappa shape index (κ2) is 7.99. The molecule has 0 unspecified atom stereocenters. The fourth-order valence-electron chi connectivity index (χ4n) is 5.71. The van der Waals surface area contributed by atoms with Crippen molar-refractivity contribution in [2.75, 3.05) is 0 Å². The Balaban J connectivity index is 1.61. The van der Waals surface area contributed by atoms with Gasteiger partial charge in [-0.05, 0) is 61.3 Å². The number of hydrogen-bond acceptors (Lipinski definition) is 4. The Morgan fingerprint density at radius 2 is 2.00 bits per heavy atom. The van der Waals surface area contributed by atoms with E-state index < -0.39 is 11.6 Å². The quantitative estimate of drug-likeness (QED) is 0.724. The van der Waals surface area contributed by atoms with E-state index in [1.165, 1.54) is 11.1 Å². The molecule has 2 heterocycles. The van der Waals surface area contributed by atoms with E-state index in [2.05, 4.69) is 50.0 Å². The summed E-state index contributed by atoms with van der Waals surface area (Å²) in [5.74, 6) is 0.0482. The van der Waals surface area contributed by atoms with Gasteiger partial charge in [0.05, 0.1) is 5.69 Å². The van der Waals surface area contributed by atoms with Gasteiger partial charge in [-0.3, -0.25) is 4.98 Å². The highest BCUT2D eigenvalue weighted by molar-refractivity contribution is 5.82. The topological polar surface area (TPSA) is 59.4 Å². The smallest absolute Gasteiger partial charge is 0.338 e. The number of carbonyl (C=O) groups is 1. The van der Waals surface area contributed by atoms with Gasteiger partial charge in [-0.25, -0.2) is 4.79 Å². The number of fused-ring (bicyclic) bond motifs is 1. The van der Waals surface area contributed by atoms with Gasteiger partial charge in [0.25, 0.3) is 0 Å². The summed E-state index contributed by atoms with van der Waals surface area (Å²) in [5.41, 5.74) is 3.02. The molecule has 6 atom stereocenters. The first-order valence-electron chi connectivity index (χ1n) is 11.0. The van der Waals surface area contributed by atoms with Crippen molar-refractivity contribution in [3.05, 3.63) is 59.9 Å². The number of esters is 1. The van der Waals surface area contributed by atoms with E-state index in [9.17, 15) is 9.90 Å². The molecule has 1 aromatic heterocycles. The molecular formula is C26H31NO3. The van der Waals surface area contributed by atoms with Crippen LogP contribution in [0.25, 0.3) is 17.2 Å². The lowest BCUT2D eigenvalue weighted by atomic mass is 9.59. The number of aliphatic hydroxyl groups is 1. The van der Waals surface area contributed by atoms with Gasteiger partial charge < -0.3 is 9.84 Å². The zero-order chi connectivity index (χ0) is 21.5. The maximum Gasteiger partial charge on any atom is 0.338 e. The van der Waals surface area contributed by atoms with Crippen LogP contribution in [0.1, 0.15) is 44.9 Å². The predicted molar refractivity (Wildman–Crippen MR) is 118 cm³/mol. The number of cyclic esters (lactones) is 1. The molecule has 1 aliphatic heterocycles. The highest BCUT2D eigenvalue weighted by Gasteiger charge is 2.62. The molecule has 1 saturated carbocycles. The number of pyridine rings is 1. The lowest BCUT2D eigenvalue weighted by Gasteiger charge is -2.45. The summed E-state index contributed by atoms with van der Waals surface area (Å²) < 4.78 is 5.47. The van der Waals surface area contributed by atoms with Crippen LogP contribution in [-0.2, 0) is 9.53 Å². The molecule has 4 heteroatoms. The fourth-order valence-corrected chi connectivity index (χ4v) is 5.71.